The van der Waals surface area contributed by atoms with Crippen LogP contribution in [-0.2, 0) is 14.8 Å². The molecular formula is C15H14N2O3S. The highest BCUT2D eigenvalue weighted by atomic mass is 32.2. The zero-order valence-electron chi connectivity index (χ0n) is 11.3. The molecule has 0 unspecified atom stereocenters. The summed E-state index contributed by atoms with van der Waals surface area (Å²) < 4.78 is 32.3. The van der Waals surface area contributed by atoms with Crippen LogP contribution in [0.1, 0.15) is 5.56 Å². The number of ether oxygens (including phenoxy) is 1. The van der Waals surface area contributed by atoms with Crippen LogP contribution in [0.3, 0.4) is 0 Å². The van der Waals surface area contributed by atoms with E-state index in [1.54, 1.807) is 24.3 Å². The number of hydrogen-bond acceptors (Lipinski definition) is 4. The van der Waals surface area contributed by atoms with Gasteiger partial charge in [-0.15, -0.1) is 0 Å². The molecule has 5 nitrogen and oxygen atoms in total. The lowest BCUT2D eigenvalue weighted by atomic mass is 10.1. The summed E-state index contributed by atoms with van der Waals surface area (Å²) in [6.45, 7) is 1.48. The van der Waals surface area contributed by atoms with Crippen LogP contribution in [0.25, 0.3) is 10.8 Å². The fourth-order valence-corrected chi connectivity index (χ4v) is 4.18. The Kier molecular flexibility index (Phi) is 3.64. The molecule has 1 aliphatic rings. The number of rotatable bonds is 2. The van der Waals surface area contributed by atoms with Crippen molar-refractivity contribution < 1.29 is 13.2 Å². The summed E-state index contributed by atoms with van der Waals surface area (Å²) in [7, 11) is -3.62. The molecule has 6 heteroatoms. The molecule has 1 saturated heterocycles. The first-order valence-electron chi connectivity index (χ1n) is 6.64. The SMILES string of the molecule is N#Cc1cccc2cccc(S(=O)(=O)N3CCOCC3)c12. The van der Waals surface area contributed by atoms with Crippen molar-refractivity contribution in [1.82, 2.24) is 4.31 Å². The Morgan fingerprint density at radius 2 is 1.76 bits per heavy atom. The van der Waals surface area contributed by atoms with Crippen LogP contribution >= 0.6 is 0 Å². The van der Waals surface area contributed by atoms with Gasteiger partial charge in [-0.25, -0.2) is 8.42 Å². The van der Waals surface area contributed by atoms with Gasteiger partial charge in [-0.3, -0.25) is 0 Å². The highest BCUT2D eigenvalue weighted by Crippen LogP contribution is 2.28. The molecule has 0 amide bonds. The molecule has 0 aromatic heterocycles. The van der Waals surface area contributed by atoms with Crippen LogP contribution in [0.4, 0.5) is 0 Å². The van der Waals surface area contributed by atoms with E-state index < -0.39 is 10.0 Å². The second-order valence-corrected chi connectivity index (χ2v) is 6.69. The van der Waals surface area contributed by atoms with Crippen LogP contribution in [0.15, 0.2) is 41.3 Å². The Balaban J connectivity index is 2.23. The Hall–Kier alpha value is -1.94. The summed E-state index contributed by atoms with van der Waals surface area (Å²) in [5.74, 6) is 0. The zero-order valence-corrected chi connectivity index (χ0v) is 12.1. The fourth-order valence-electron chi connectivity index (χ4n) is 2.54. The molecule has 0 spiro atoms. The third-order valence-corrected chi connectivity index (χ3v) is 5.52. The maximum atomic E-state index is 12.8. The monoisotopic (exact) mass is 302 g/mol. The molecular weight excluding hydrogens is 288 g/mol. The van der Waals surface area contributed by atoms with Crippen molar-refractivity contribution in [2.75, 3.05) is 26.3 Å². The highest BCUT2D eigenvalue weighted by Gasteiger charge is 2.28. The third-order valence-electron chi connectivity index (χ3n) is 3.57. The maximum Gasteiger partial charge on any atom is 0.243 e. The summed E-state index contributed by atoms with van der Waals surface area (Å²) >= 11 is 0. The number of benzene rings is 2. The highest BCUT2D eigenvalue weighted by molar-refractivity contribution is 7.89. The molecule has 0 bridgehead atoms. The Morgan fingerprint density at radius 3 is 2.43 bits per heavy atom. The van der Waals surface area contributed by atoms with Crippen LogP contribution in [0, 0.1) is 11.3 Å². The van der Waals surface area contributed by atoms with Crippen LogP contribution < -0.4 is 0 Å². The minimum Gasteiger partial charge on any atom is -0.379 e. The molecule has 0 N–H and O–H groups in total. The molecule has 0 saturated carbocycles. The van der Waals surface area contributed by atoms with Crippen LogP contribution in [0.5, 0.6) is 0 Å². The fraction of sp³-hybridized carbons (Fsp3) is 0.267. The van der Waals surface area contributed by atoms with Gasteiger partial charge in [-0.1, -0.05) is 24.3 Å². The van der Waals surface area contributed by atoms with Crippen molar-refractivity contribution >= 4 is 20.8 Å². The molecule has 3 rings (SSSR count). The second kappa shape index (κ2) is 5.45. The summed E-state index contributed by atoms with van der Waals surface area (Å²) in [5.41, 5.74) is 0.375. The van der Waals surface area contributed by atoms with Crippen LogP contribution in [0.2, 0.25) is 0 Å². The van der Waals surface area contributed by atoms with Gasteiger partial charge in [0, 0.05) is 18.5 Å². The van der Waals surface area contributed by atoms with Gasteiger partial charge >= 0.3 is 0 Å². The van der Waals surface area contributed by atoms with E-state index in [-0.39, 0.29) is 4.90 Å². The Morgan fingerprint density at radius 1 is 1.10 bits per heavy atom. The number of nitrogens with zero attached hydrogens (tertiary/aromatic N) is 2. The molecule has 0 aliphatic carbocycles. The first-order valence-corrected chi connectivity index (χ1v) is 8.08. The lowest BCUT2D eigenvalue weighted by Gasteiger charge is -2.26. The molecule has 1 fully saturated rings. The van der Waals surface area contributed by atoms with Gasteiger partial charge in [-0.2, -0.15) is 9.57 Å². The largest absolute Gasteiger partial charge is 0.379 e. The summed E-state index contributed by atoms with van der Waals surface area (Å²) in [6.07, 6.45) is 0. The molecule has 108 valence electrons. The van der Waals surface area contributed by atoms with E-state index in [4.69, 9.17) is 4.74 Å². The number of hydrogen-bond donors (Lipinski definition) is 0. The first-order chi connectivity index (χ1) is 10.1. The van der Waals surface area contributed by atoms with E-state index in [0.717, 1.165) is 5.39 Å². The summed E-state index contributed by atoms with van der Waals surface area (Å²) in [4.78, 5) is 0.194. The average Bonchev–Trinajstić information content (AvgIpc) is 2.54. The quantitative estimate of drug-likeness (QED) is 0.847. The van der Waals surface area contributed by atoms with Crippen LogP contribution in [-0.4, -0.2) is 39.0 Å². The van der Waals surface area contributed by atoms with Crippen molar-refractivity contribution in [1.29, 1.82) is 5.26 Å². The van der Waals surface area contributed by atoms with E-state index in [1.165, 1.54) is 4.31 Å². The van der Waals surface area contributed by atoms with Gasteiger partial charge in [-0.05, 0) is 17.5 Å². The summed E-state index contributed by atoms with van der Waals surface area (Å²) in [5, 5.41) is 10.5. The number of sulfonamides is 1. The number of fused-ring (bicyclic) bond motifs is 1. The lowest BCUT2D eigenvalue weighted by molar-refractivity contribution is 0.0730. The van der Waals surface area contributed by atoms with Crippen molar-refractivity contribution in [2.24, 2.45) is 0 Å². The molecule has 1 heterocycles. The Labute approximate surface area is 123 Å². The smallest absolute Gasteiger partial charge is 0.243 e. The van der Waals surface area contributed by atoms with E-state index in [2.05, 4.69) is 6.07 Å². The molecule has 1 aliphatic heterocycles. The van der Waals surface area contributed by atoms with Gasteiger partial charge < -0.3 is 4.74 Å². The van der Waals surface area contributed by atoms with Gasteiger partial charge in [0.2, 0.25) is 10.0 Å². The predicted molar refractivity (Wildman–Crippen MR) is 78.2 cm³/mol. The van der Waals surface area contributed by atoms with E-state index in [1.807, 2.05) is 12.1 Å². The zero-order chi connectivity index (χ0) is 14.9. The van der Waals surface area contributed by atoms with E-state index in [9.17, 15) is 13.7 Å². The minimum atomic E-state index is -3.62. The number of morpholine rings is 1. The number of nitriles is 1. The lowest BCUT2D eigenvalue weighted by Crippen LogP contribution is -2.40. The standard InChI is InChI=1S/C15H14N2O3S/c16-11-13-5-1-3-12-4-2-6-14(15(12)13)21(18,19)17-7-9-20-10-8-17/h1-6H,7-10H2. The third kappa shape index (κ3) is 2.40. The van der Waals surface area contributed by atoms with Gasteiger partial charge in [0.05, 0.1) is 29.7 Å². The van der Waals surface area contributed by atoms with Gasteiger partial charge in [0.25, 0.3) is 0 Å². The predicted octanol–water partition coefficient (Wildman–Crippen LogP) is 1.73. The van der Waals surface area contributed by atoms with E-state index in [0.29, 0.717) is 37.3 Å². The van der Waals surface area contributed by atoms with Gasteiger partial charge in [0.15, 0.2) is 0 Å². The van der Waals surface area contributed by atoms with E-state index >= 15 is 0 Å². The topological polar surface area (TPSA) is 70.4 Å². The molecule has 2 aromatic carbocycles. The molecule has 0 radical (unpaired) electrons. The second-order valence-electron chi connectivity index (χ2n) is 4.79. The molecule has 21 heavy (non-hydrogen) atoms. The normalized spacial score (nSPS) is 16.7. The molecule has 2 aromatic rings. The first kappa shape index (κ1) is 14.0. The minimum absolute atomic E-state index is 0.194. The Bertz CT molecular complexity index is 813. The van der Waals surface area contributed by atoms with Gasteiger partial charge in [0.1, 0.15) is 0 Å². The maximum absolute atomic E-state index is 12.8. The molecule has 0 atom stereocenters. The van der Waals surface area contributed by atoms with Crippen molar-refractivity contribution in [2.45, 2.75) is 4.90 Å². The van der Waals surface area contributed by atoms with Crippen molar-refractivity contribution in [3.05, 3.63) is 42.0 Å². The average molecular weight is 302 g/mol. The van der Waals surface area contributed by atoms with Crippen molar-refractivity contribution in [3.63, 3.8) is 0 Å². The summed E-state index contributed by atoms with van der Waals surface area (Å²) in [6, 6.07) is 12.4. The van der Waals surface area contributed by atoms with Crippen molar-refractivity contribution in [3.8, 4) is 6.07 Å².